The van der Waals surface area contributed by atoms with Gasteiger partial charge in [-0.2, -0.15) is 0 Å². The van der Waals surface area contributed by atoms with Crippen LogP contribution in [0.4, 0.5) is 5.69 Å². The number of ether oxygens (including phenoxy) is 2. The molecule has 1 unspecified atom stereocenters. The van der Waals surface area contributed by atoms with Crippen molar-refractivity contribution in [3.8, 4) is 11.5 Å². The van der Waals surface area contributed by atoms with Gasteiger partial charge in [0.2, 0.25) is 0 Å². The average Bonchev–Trinajstić information content (AvgIpc) is 3.13. The molecule has 1 N–H and O–H groups in total. The highest BCUT2D eigenvalue weighted by Crippen LogP contribution is 2.44. The van der Waals surface area contributed by atoms with Crippen molar-refractivity contribution in [2.24, 2.45) is 0 Å². The molecule has 0 saturated carbocycles. The quantitative estimate of drug-likeness (QED) is 0.187. The van der Waals surface area contributed by atoms with E-state index in [1.807, 2.05) is 38.1 Å². The van der Waals surface area contributed by atoms with Gasteiger partial charge in [0.05, 0.1) is 34.9 Å². The SMILES string of the molecule is COc1c(Cl)cc(/C(O)=C2\C(=O)C(=O)N(c3ccc(C(C)(C)C)cc3)C2c2ccc(OC(C)C)cc2)cc1Cl. The van der Waals surface area contributed by atoms with Crippen molar-refractivity contribution < 1.29 is 24.2 Å². The number of ketones is 1. The zero-order chi connectivity index (χ0) is 28.6. The lowest BCUT2D eigenvalue weighted by Gasteiger charge is -2.27. The number of halogens is 2. The molecule has 1 aliphatic rings. The Kier molecular flexibility index (Phi) is 8.01. The van der Waals surface area contributed by atoms with Crippen molar-refractivity contribution in [1.82, 2.24) is 0 Å². The molecule has 0 aromatic heterocycles. The number of aliphatic hydroxyl groups excluding tert-OH is 1. The van der Waals surface area contributed by atoms with E-state index in [0.717, 1.165) is 5.56 Å². The van der Waals surface area contributed by atoms with E-state index in [2.05, 4.69) is 20.8 Å². The van der Waals surface area contributed by atoms with Crippen LogP contribution in [0.3, 0.4) is 0 Å². The van der Waals surface area contributed by atoms with E-state index in [9.17, 15) is 14.7 Å². The summed E-state index contributed by atoms with van der Waals surface area (Å²) in [5.41, 5.74) is 2.26. The van der Waals surface area contributed by atoms with E-state index in [0.29, 0.717) is 17.0 Å². The van der Waals surface area contributed by atoms with Gasteiger partial charge in [-0.1, -0.05) is 68.2 Å². The smallest absolute Gasteiger partial charge is 0.300 e. The molecule has 1 amide bonds. The number of methoxy groups -OCH3 is 1. The number of hydrogen-bond donors (Lipinski definition) is 1. The van der Waals surface area contributed by atoms with Crippen LogP contribution in [-0.2, 0) is 15.0 Å². The van der Waals surface area contributed by atoms with Crippen LogP contribution in [0.5, 0.6) is 11.5 Å². The number of anilines is 1. The summed E-state index contributed by atoms with van der Waals surface area (Å²) in [4.78, 5) is 28.4. The highest BCUT2D eigenvalue weighted by molar-refractivity contribution is 6.51. The van der Waals surface area contributed by atoms with Crippen molar-refractivity contribution in [2.45, 2.75) is 52.2 Å². The fourth-order valence-corrected chi connectivity index (χ4v) is 5.23. The summed E-state index contributed by atoms with van der Waals surface area (Å²) in [6.45, 7) is 10.1. The number of hydrogen-bond acceptors (Lipinski definition) is 5. The molecule has 6 nitrogen and oxygen atoms in total. The third-order valence-electron chi connectivity index (χ3n) is 6.50. The summed E-state index contributed by atoms with van der Waals surface area (Å²) in [6.07, 6.45) is -0.0209. The van der Waals surface area contributed by atoms with Gasteiger partial charge in [-0.25, -0.2) is 0 Å². The third-order valence-corrected chi connectivity index (χ3v) is 7.06. The molecule has 0 radical (unpaired) electrons. The first-order valence-electron chi connectivity index (χ1n) is 12.5. The lowest BCUT2D eigenvalue weighted by atomic mass is 9.87. The number of carbonyl (C=O) groups is 2. The molecule has 0 spiro atoms. The molecule has 1 heterocycles. The zero-order valence-electron chi connectivity index (χ0n) is 22.7. The van der Waals surface area contributed by atoms with Gasteiger partial charge in [-0.15, -0.1) is 0 Å². The Hall–Kier alpha value is -3.48. The van der Waals surface area contributed by atoms with Gasteiger partial charge in [-0.3, -0.25) is 14.5 Å². The minimum atomic E-state index is -0.904. The van der Waals surface area contributed by atoms with Crippen molar-refractivity contribution in [3.63, 3.8) is 0 Å². The maximum atomic E-state index is 13.5. The van der Waals surface area contributed by atoms with Gasteiger partial charge in [0, 0.05) is 11.3 Å². The Labute approximate surface area is 238 Å². The van der Waals surface area contributed by atoms with E-state index in [1.54, 1.807) is 24.3 Å². The van der Waals surface area contributed by atoms with E-state index >= 15 is 0 Å². The van der Waals surface area contributed by atoms with Gasteiger partial charge >= 0.3 is 0 Å². The first-order chi connectivity index (χ1) is 18.3. The molecule has 1 atom stereocenters. The zero-order valence-corrected chi connectivity index (χ0v) is 24.2. The highest BCUT2D eigenvalue weighted by Gasteiger charge is 2.47. The molecule has 3 aromatic rings. The molecule has 1 saturated heterocycles. The number of benzene rings is 3. The van der Waals surface area contributed by atoms with Gasteiger partial charge < -0.3 is 14.6 Å². The van der Waals surface area contributed by atoms with Crippen LogP contribution in [0.1, 0.15) is 57.4 Å². The average molecular weight is 568 g/mol. The van der Waals surface area contributed by atoms with Gasteiger partial charge in [-0.05, 0) is 66.8 Å². The predicted molar refractivity (Wildman–Crippen MR) is 155 cm³/mol. The van der Waals surface area contributed by atoms with E-state index in [1.165, 1.54) is 24.1 Å². The third kappa shape index (κ3) is 5.63. The number of amides is 1. The Morgan fingerprint density at radius 3 is 2.00 bits per heavy atom. The first kappa shape index (κ1) is 28.5. The number of carbonyl (C=O) groups excluding carboxylic acids is 2. The molecule has 1 aliphatic heterocycles. The minimum absolute atomic E-state index is 0.0209. The topological polar surface area (TPSA) is 76.1 Å². The van der Waals surface area contributed by atoms with Crippen molar-refractivity contribution in [2.75, 3.05) is 12.0 Å². The lowest BCUT2D eigenvalue weighted by Crippen LogP contribution is -2.29. The Bertz CT molecular complexity index is 1410. The summed E-state index contributed by atoms with van der Waals surface area (Å²) >= 11 is 12.6. The molecule has 8 heteroatoms. The van der Waals surface area contributed by atoms with Crippen LogP contribution >= 0.6 is 23.2 Å². The monoisotopic (exact) mass is 567 g/mol. The largest absolute Gasteiger partial charge is 0.507 e. The molecular weight excluding hydrogens is 537 g/mol. The van der Waals surface area contributed by atoms with Crippen LogP contribution in [0, 0.1) is 0 Å². The Morgan fingerprint density at radius 1 is 0.949 bits per heavy atom. The number of aliphatic hydroxyl groups is 1. The summed E-state index contributed by atoms with van der Waals surface area (Å²) in [5, 5.41) is 11.8. The molecule has 4 rings (SSSR count). The second-order valence-corrected chi connectivity index (χ2v) is 11.5. The standard InChI is InChI=1S/C31H31Cl2NO5/c1-17(2)39-22-13-7-18(8-14-22)26-25(27(35)19-15-23(32)29(38-6)24(33)16-19)28(36)30(37)34(26)21-11-9-20(10-12-21)31(3,4)5/h7-17,26,35H,1-6H3/b27-25+. The highest BCUT2D eigenvalue weighted by atomic mass is 35.5. The molecule has 39 heavy (non-hydrogen) atoms. The Morgan fingerprint density at radius 2 is 1.51 bits per heavy atom. The predicted octanol–water partition coefficient (Wildman–Crippen LogP) is 7.71. The number of rotatable bonds is 6. The maximum absolute atomic E-state index is 13.5. The van der Waals surface area contributed by atoms with Gasteiger partial charge in [0.15, 0.2) is 5.75 Å². The van der Waals surface area contributed by atoms with Crippen molar-refractivity contribution in [3.05, 3.63) is 93.0 Å². The van der Waals surface area contributed by atoms with E-state index in [-0.39, 0.29) is 44.2 Å². The molecule has 1 fully saturated rings. The molecule has 0 bridgehead atoms. The normalized spacial score (nSPS) is 17.2. The van der Waals surface area contributed by atoms with E-state index in [4.69, 9.17) is 32.7 Å². The van der Waals surface area contributed by atoms with Crippen LogP contribution in [0.25, 0.3) is 5.76 Å². The van der Waals surface area contributed by atoms with Gasteiger partial charge in [0.1, 0.15) is 11.5 Å². The summed E-state index contributed by atoms with van der Waals surface area (Å²) < 4.78 is 11.0. The fourth-order valence-electron chi connectivity index (χ4n) is 4.58. The second-order valence-electron chi connectivity index (χ2n) is 10.7. The lowest BCUT2D eigenvalue weighted by molar-refractivity contribution is -0.132. The van der Waals surface area contributed by atoms with Crippen LogP contribution < -0.4 is 14.4 Å². The minimum Gasteiger partial charge on any atom is -0.507 e. The molecular formula is C31H31Cl2NO5. The summed E-state index contributed by atoms with van der Waals surface area (Å²) in [7, 11) is 1.43. The van der Waals surface area contributed by atoms with Crippen molar-refractivity contribution >= 4 is 46.3 Å². The fraction of sp³-hybridized carbons (Fsp3) is 0.290. The van der Waals surface area contributed by atoms with Crippen LogP contribution in [-0.4, -0.2) is 30.0 Å². The van der Waals surface area contributed by atoms with Crippen LogP contribution in [0.2, 0.25) is 10.0 Å². The number of Topliss-reactive ketones (excluding diaryl/α,β-unsaturated/α-hetero) is 1. The van der Waals surface area contributed by atoms with Gasteiger partial charge in [0.25, 0.3) is 11.7 Å². The molecule has 204 valence electrons. The second kappa shape index (κ2) is 10.9. The Balaban J connectivity index is 1.90. The molecule has 0 aliphatic carbocycles. The number of nitrogens with zero attached hydrogens (tertiary/aromatic N) is 1. The molecule has 3 aromatic carbocycles. The maximum Gasteiger partial charge on any atom is 0.300 e. The van der Waals surface area contributed by atoms with Crippen LogP contribution in [0.15, 0.2) is 66.2 Å². The van der Waals surface area contributed by atoms with E-state index < -0.39 is 17.7 Å². The van der Waals surface area contributed by atoms with Crippen molar-refractivity contribution in [1.29, 1.82) is 0 Å². The first-order valence-corrected chi connectivity index (χ1v) is 13.3. The summed E-state index contributed by atoms with van der Waals surface area (Å²) in [5.74, 6) is -1.07. The summed E-state index contributed by atoms with van der Waals surface area (Å²) in [6, 6.07) is 16.6.